The molecule has 3 aliphatic rings. The molecule has 1 aromatic heterocycles. The summed E-state index contributed by atoms with van der Waals surface area (Å²) in [6.07, 6.45) is 10.8. The van der Waals surface area contributed by atoms with E-state index in [0.29, 0.717) is 12.5 Å². The molecule has 1 aliphatic heterocycles. The second-order valence-electron chi connectivity index (χ2n) is 11.2. The quantitative estimate of drug-likeness (QED) is 0.634. The van der Waals surface area contributed by atoms with E-state index in [2.05, 4.69) is 69.5 Å². The lowest BCUT2D eigenvalue weighted by atomic mass is 9.68. The first kappa shape index (κ1) is 24.7. The summed E-state index contributed by atoms with van der Waals surface area (Å²) >= 11 is 0. The van der Waals surface area contributed by atoms with Crippen LogP contribution in [0, 0.1) is 12.8 Å². The fourth-order valence-corrected chi connectivity index (χ4v) is 6.30. The third-order valence-corrected chi connectivity index (χ3v) is 8.77. The minimum Gasteiger partial charge on any atom is -0.317 e. The topological polar surface area (TPSA) is 81.7 Å². The number of carbonyl (C=O) groups is 2. The Labute approximate surface area is 214 Å². The molecule has 2 aromatic rings. The number of urea groups is 1. The highest BCUT2D eigenvalue weighted by atomic mass is 16.2. The second-order valence-corrected chi connectivity index (χ2v) is 11.2. The van der Waals surface area contributed by atoms with E-state index in [1.807, 2.05) is 6.92 Å². The van der Waals surface area contributed by atoms with Crippen molar-refractivity contribution in [2.24, 2.45) is 5.92 Å². The Morgan fingerprint density at radius 1 is 1.08 bits per heavy atom. The maximum Gasteiger partial charge on any atom is 0.321 e. The predicted octanol–water partition coefficient (Wildman–Crippen LogP) is 4.03. The predicted molar refractivity (Wildman–Crippen MR) is 139 cm³/mol. The van der Waals surface area contributed by atoms with Gasteiger partial charge in [0.05, 0.1) is 5.54 Å². The Morgan fingerprint density at radius 3 is 2.33 bits per heavy atom. The maximum atomic E-state index is 13.7. The third-order valence-electron chi connectivity index (χ3n) is 8.77. The molecular formula is C28H38N6O2. The summed E-state index contributed by atoms with van der Waals surface area (Å²) in [6.45, 7) is 3.32. The van der Waals surface area contributed by atoms with Gasteiger partial charge in [0.2, 0.25) is 11.9 Å². The van der Waals surface area contributed by atoms with Crippen molar-refractivity contribution in [3.8, 4) is 0 Å². The number of hydrogen-bond acceptors (Lipinski definition) is 5. The first-order chi connectivity index (χ1) is 17.3. The van der Waals surface area contributed by atoms with E-state index in [4.69, 9.17) is 0 Å². The molecule has 1 aromatic carbocycles. The first-order valence-corrected chi connectivity index (χ1v) is 13.2. The van der Waals surface area contributed by atoms with Crippen molar-refractivity contribution in [2.75, 3.05) is 39.0 Å². The number of rotatable bonds is 7. The molecule has 2 saturated carbocycles. The largest absolute Gasteiger partial charge is 0.321 e. The Balaban J connectivity index is 1.33. The SMILES string of the molecule is Cc1cnc(NC(=O)CN2CC3(CCC(c4ccccc4)(N(C)C)CC3)N(CC3CCC3)C2=O)nc1. The van der Waals surface area contributed by atoms with E-state index in [1.165, 1.54) is 24.8 Å². The zero-order valence-electron chi connectivity index (χ0n) is 21.7. The highest BCUT2D eigenvalue weighted by Crippen LogP contribution is 2.49. The third kappa shape index (κ3) is 4.59. The molecule has 2 aliphatic carbocycles. The van der Waals surface area contributed by atoms with Gasteiger partial charge in [-0.05, 0) is 76.6 Å². The van der Waals surface area contributed by atoms with Gasteiger partial charge in [0.25, 0.3) is 0 Å². The summed E-state index contributed by atoms with van der Waals surface area (Å²) in [6, 6.07) is 10.8. The number of anilines is 1. The fraction of sp³-hybridized carbons (Fsp3) is 0.571. The second kappa shape index (κ2) is 9.81. The summed E-state index contributed by atoms with van der Waals surface area (Å²) in [4.78, 5) is 41.1. The molecule has 0 radical (unpaired) electrons. The van der Waals surface area contributed by atoms with Gasteiger partial charge in [-0.1, -0.05) is 36.8 Å². The molecule has 0 bridgehead atoms. The lowest BCUT2D eigenvalue weighted by molar-refractivity contribution is -0.116. The van der Waals surface area contributed by atoms with Gasteiger partial charge >= 0.3 is 6.03 Å². The molecule has 5 rings (SSSR count). The smallest absolute Gasteiger partial charge is 0.317 e. The van der Waals surface area contributed by atoms with Crippen LogP contribution in [-0.2, 0) is 10.3 Å². The van der Waals surface area contributed by atoms with E-state index >= 15 is 0 Å². The summed E-state index contributed by atoms with van der Waals surface area (Å²) < 4.78 is 0. The van der Waals surface area contributed by atoms with Crippen LogP contribution in [0.5, 0.6) is 0 Å². The highest BCUT2D eigenvalue weighted by Gasteiger charge is 2.55. The molecule has 8 nitrogen and oxygen atoms in total. The van der Waals surface area contributed by atoms with Crippen LogP contribution in [0.4, 0.5) is 10.7 Å². The zero-order valence-corrected chi connectivity index (χ0v) is 21.7. The molecular weight excluding hydrogens is 452 g/mol. The summed E-state index contributed by atoms with van der Waals surface area (Å²) in [7, 11) is 4.33. The van der Waals surface area contributed by atoms with Crippen molar-refractivity contribution in [3.63, 3.8) is 0 Å². The van der Waals surface area contributed by atoms with Gasteiger partial charge < -0.3 is 9.80 Å². The molecule has 3 amide bonds. The van der Waals surface area contributed by atoms with Crippen LogP contribution in [0.3, 0.4) is 0 Å². The standard InChI is InChI=1S/C28H38N6O2/c1-21-16-29-25(30-17-21)31-24(35)19-33-20-27(34(26(33)36)18-22-8-7-9-22)12-14-28(15-13-27,32(2)3)23-10-5-4-6-11-23/h4-6,10-11,16-17,22H,7-9,12-15,18-20H2,1-3H3,(H,29,30,31,35). The number of nitrogens with one attached hydrogen (secondary N) is 1. The maximum absolute atomic E-state index is 13.7. The van der Waals surface area contributed by atoms with Crippen molar-refractivity contribution < 1.29 is 9.59 Å². The molecule has 0 unspecified atom stereocenters. The van der Waals surface area contributed by atoms with Crippen molar-refractivity contribution in [2.45, 2.75) is 62.9 Å². The van der Waals surface area contributed by atoms with Crippen molar-refractivity contribution in [1.29, 1.82) is 0 Å². The highest BCUT2D eigenvalue weighted by molar-refractivity contribution is 5.93. The molecule has 8 heteroatoms. The molecule has 36 heavy (non-hydrogen) atoms. The minimum atomic E-state index is -0.254. The van der Waals surface area contributed by atoms with Crippen LogP contribution in [0.2, 0.25) is 0 Å². The minimum absolute atomic E-state index is 0.000983. The normalized spacial score (nSPS) is 26.5. The summed E-state index contributed by atoms with van der Waals surface area (Å²) in [5, 5.41) is 2.76. The monoisotopic (exact) mass is 490 g/mol. The Kier molecular flexibility index (Phi) is 6.72. The van der Waals surface area contributed by atoms with Crippen LogP contribution in [0.15, 0.2) is 42.7 Å². The van der Waals surface area contributed by atoms with Crippen molar-refractivity contribution in [3.05, 3.63) is 53.9 Å². The molecule has 1 spiro atoms. The number of benzene rings is 1. The Hall–Kier alpha value is -3.00. The van der Waals surface area contributed by atoms with Crippen molar-refractivity contribution >= 4 is 17.9 Å². The molecule has 2 heterocycles. The average molecular weight is 491 g/mol. The zero-order chi connectivity index (χ0) is 25.3. The van der Waals surface area contributed by atoms with E-state index in [9.17, 15) is 9.59 Å². The van der Waals surface area contributed by atoms with Crippen LogP contribution in [-0.4, -0.2) is 75.9 Å². The van der Waals surface area contributed by atoms with Gasteiger partial charge in [0.1, 0.15) is 6.54 Å². The van der Waals surface area contributed by atoms with Gasteiger partial charge in [-0.25, -0.2) is 14.8 Å². The Morgan fingerprint density at radius 2 is 1.75 bits per heavy atom. The van der Waals surface area contributed by atoms with Gasteiger partial charge in [-0.3, -0.25) is 15.0 Å². The van der Waals surface area contributed by atoms with E-state index in [0.717, 1.165) is 37.8 Å². The van der Waals surface area contributed by atoms with Crippen LogP contribution >= 0.6 is 0 Å². The van der Waals surface area contributed by atoms with Crippen LogP contribution < -0.4 is 5.32 Å². The molecule has 1 N–H and O–H groups in total. The lowest BCUT2D eigenvalue weighted by Gasteiger charge is -2.51. The summed E-state index contributed by atoms with van der Waals surface area (Å²) in [5.74, 6) is 0.598. The van der Waals surface area contributed by atoms with Crippen molar-refractivity contribution in [1.82, 2.24) is 24.7 Å². The fourth-order valence-electron chi connectivity index (χ4n) is 6.30. The van der Waals surface area contributed by atoms with E-state index < -0.39 is 0 Å². The van der Waals surface area contributed by atoms with Gasteiger partial charge in [0.15, 0.2) is 0 Å². The number of nitrogens with zero attached hydrogens (tertiary/aromatic N) is 5. The number of amides is 3. The molecule has 1 saturated heterocycles. The first-order valence-electron chi connectivity index (χ1n) is 13.2. The number of hydrogen-bond donors (Lipinski definition) is 1. The lowest BCUT2D eigenvalue weighted by Crippen LogP contribution is -2.56. The molecule has 3 fully saturated rings. The van der Waals surface area contributed by atoms with Gasteiger partial charge in [-0.15, -0.1) is 0 Å². The average Bonchev–Trinajstić information content (AvgIpc) is 3.08. The van der Waals surface area contributed by atoms with Crippen LogP contribution in [0.25, 0.3) is 0 Å². The van der Waals surface area contributed by atoms with Gasteiger partial charge in [0, 0.05) is 31.0 Å². The molecule has 192 valence electrons. The number of aryl methyl sites for hydroxylation is 1. The Bertz CT molecular complexity index is 1070. The van der Waals surface area contributed by atoms with Gasteiger partial charge in [-0.2, -0.15) is 0 Å². The van der Waals surface area contributed by atoms with Crippen LogP contribution in [0.1, 0.15) is 56.1 Å². The number of carbonyl (C=O) groups excluding carboxylic acids is 2. The van der Waals surface area contributed by atoms with E-state index in [-0.39, 0.29) is 35.5 Å². The number of aromatic nitrogens is 2. The van der Waals surface area contributed by atoms with E-state index in [1.54, 1.807) is 17.3 Å². The summed E-state index contributed by atoms with van der Waals surface area (Å²) in [5.41, 5.74) is 2.01. The molecule has 0 atom stereocenters.